The molecular formula is C17H31F3N4O5. The van der Waals surface area contributed by atoms with Crippen molar-refractivity contribution in [3.8, 4) is 0 Å². The number of carbonyl (C=O) groups excluding carboxylic acids is 2. The van der Waals surface area contributed by atoms with E-state index in [0.717, 1.165) is 0 Å². The predicted octanol–water partition coefficient (Wildman–Crippen LogP) is 2.42. The smallest absolute Gasteiger partial charge is 0.415 e. The number of halogens is 3. The average molecular weight is 428 g/mol. The number of ether oxygens (including phenoxy) is 2. The number of hydrogen-bond donors (Lipinski definition) is 4. The Morgan fingerprint density at radius 2 is 1.41 bits per heavy atom. The number of guanidine groups is 1. The van der Waals surface area contributed by atoms with E-state index in [1.807, 2.05) is 0 Å². The fourth-order valence-corrected chi connectivity index (χ4v) is 1.83. The van der Waals surface area contributed by atoms with Crippen LogP contribution in [0.2, 0.25) is 0 Å². The highest BCUT2D eigenvalue weighted by Gasteiger charge is 2.41. The van der Waals surface area contributed by atoms with Gasteiger partial charge in [-0.05, 0) is 54.4 Å². The Hall–Kier alpha value is -2.08. The molecule has 0 bridgehead atoms. The summed E-state index contributed by atoms with van der Waals surface area (Å²) in [6.45, 7) is 9.74. The molecule has 0 heterocycles. The number of aliphatic hydroxyl groups is 1. The minimum absolute atomic E-state index is 0.0593. The van der Waals surface area contributed by atoms with Gasteiger partial charge < -0.3 is 20.3 Å². The first-order valence-corrected chi connectivity index (χ1v) is 8.95. The van der Waals surface area contributed by atoms with Crippen LogP contribution in [0.15, 0.2) is 4.99 Å². The largest absolute Gasteiger partial charge is 0.444 e. The number of nitrogens with two attached hydrogens (primary N) is 1. The van der Waals surface area contributed by atoms with E-state index in [2.05, 4.69) is 15.6 Å². The topological polar surface area (TPSA) is 135 Å². The molecule has 0 rings (SSSR count). The molecule has 0 aromatic heterocycles. The molecule has 0 aliphatic heterocycles. The predicted molar refractivity (Wildman–Crippen MR) is 100 cm³/mol. The lowest BCUT2D eigenvalue weighted by Gasteiger charge is -2.22. The zero-order valence-corrected chi connectivity index (χ0v) is 17.5. The number of aliphatic imine (C=N–C) groups is 1. The summed E-state index contributed by atoms with van der Waals surface area (Å²) in [6.07, 6.45) is -9.37. The lowest BCUT2D eigenvalue weighted by atomic mass is 10.1. The second-order valence-corrected chi connectivity index (χ2v) is 8.28. The summed E-state index contributed by atoms with van der Waals surface area (Å²) < 4.78 is 47.4. The first-order chi connectivity index (χ1) is 12.9. The minimum Gasteiger partial charge on any atom is -0.444 e. The zero-order valence-electron chi connectivity index (χ0n) is 17.5. The molecule has 2 amide bonds. The van der Waals surface area contributed by atoms with Crippen LogP contribution in [0.5, 0.6) is 0 Å². The number of carbonyl (C=O) groups is 2. The van der Waals surface area contributed by atoms with E-state index in [9.17, 15) is 22.8 Å². The van der Waals surface area contributed by atoms with Gasteiger partial charge in [0.25, 0.3) is 0 Å². The molecule has 0 saturated carbocycles. The molecule has 0 aromatic carbocycles. The Morgan fingerprint density at radius 1 is 1.00 bits per heavy atom. The van der Waals surface area contributed by atoms with Gasteiger partial charge in [-0.1, -0.05) is 0 Å². The average Bonchev–Trinajstić information content (AvgIpc) is 2.45. The van der Waals surface area contributed by atoms with Crippen molar-refractivity contribution in [3.63, 3.8) is 0 Å². The highest BCUT2D eigenvalue weighted by molar-refractivity contribution is 6.01. The van der Waals surface area contributed by atoms with Gasteiger partial charge in [-0.2, -0.15) is 13.2 Å². The van der Waals surface area contributed by atoms with E-state index in [-0.39, 0.29) is 25.3 Å². The van der Waals surface area contributed by atoms with Crippen molar-refractivity contribution in [3.05, 3.63) is 0 Å². The molecule has 0 radical (unpaired) electrons. The van der Waals surface area contributed by atoms with Crippen LogP contribution in [0.4, 0.5) is 22.8 Å². The summed E-state index contributed by atoms with van der Waals surface area (Å²) in [4.78, 5) is 27.7. The van der Waals surface area contributed by atoms with Crippen molar-refractivity contribution >= 4 is 18.1 Å². The van der Waals surface area contributed by atoms with Crippen LogP contribution in [0.1, 0.15) is 54.4 Å². The van der Waals surface area contributed by atoms with Crippen LogP contribution in [0.3, 0.4) is 0 Å². The van der Waals surface area contributed by atoms with E-state index >= 15 is 0 Å². The van der Waals surface area contributed by atoms with Gasteiger partial charge in [0, 0.05) is 12.6 Å². The second kappa shape index (κ2) is 10.6. The van der Waals surface area contributed by atoms with Gasteiger partial charge in [0.05, 0.1) is 0 Å². The van der Waals surface area contributed by atoms with Gasteiger partial charge >= 0.3 is 18.4 Å². The zero-order chi connectivity index (χ0) is 23.0. The number of rotatable bonds is 5. The van der Waals surface area contributed by atoms with Gasteiger partial charge in [0.1, 0.15) is 11.2 Å². The van der Waals surface area contributed by atoms with Crippen LogP contribution < -0.4 is 16.4 Å². The van der Waals surface area contributed by atoms with Crippen LogP contribution >= 0.6 is 0 Å². The molecule has 12 heteroatoms. The number of nitrogens with one attached hydrogen (secondary N) is 2. The van der Waals surface area contributed by atoms with Crippen molar-refractivity contribution in [2.24, 2.45) is 10.7 Å². The molecular weight excluding hydrogens is 397 g/mol. The number of amides is 2. The van der Waals surface area contributed by atoms with Gasteiger partial charge in [0.2, 0.25) is 5.96 Å². The molecule has 0 spiro atoms. The summed E-state index contributed by atoms with van der Waals surface area (Å²) in [7, 11) is 0. The lowest BCUT2D eigenvalue weighted by Crippen LogP contribution is -2.47. The summed E-state index contributed by atoms with van der Waals surface area (Å²) in [5.74, 6) is -0.293. The summed E-state index contributed by atoms with van der Waals surface area (Å²) >= 11 is 0. The Kier molecular flexibility index (Phi) is 9.86. The molecule has 29 heavy (non-hydrogen) atoms. The summed E-state index contributed by atoms with van der Waals surface area (Å²) in [5, 5.41) is 13.6. The number of hydrogen-bond acceptors (Lipinski definition) is 7. The standard InChI is InChI=1S/C17H31F3N4O5/c1-15(2,3)28-13(26)23-12(24-14(27)29-16(4,5)6)22-9-7-8-10(21)11(25)17(18,19)20/h10-11,25H,7-9,21H2,1-6H3,(H2,22,23,24,26,27). The van der Waals surface area contributed by atoms with Crippen molar-refractivity contribution in [1.29, 1.82) is 0 Å². The highest BCUT2D eigenvalue weighted by atomic mass is 19.4. The Balaban J connectivity index is 4.95. The molecule has 2 unspecified atom stereocenters. The summed E-state index contributed by atoms with van der Waals surface area (Å²) in [6, 6.07) is -1.52. The van der Waals surface area contributed by atoms with E-state index < -0.39 is 41.7 Å². The first kappa shape index (κ1) is 26.9. The maximum absolute atomic E-state index is 12.4. The molecule has 0 aliphatic rings. The van der Waals surface area contributed by atoms with E-state index in [4.69, 9.17) is 20.3 Å². The molecule has 5 N–H and O–H groups in total. The maximum atomic E-state index is 12.4. The first-order valence-electron chi connectivity index (χ1n) is 8.95. The molecule has 0 aromatic rings. The lowest BCUT2D eigenvalue weighted by molar-refractivity contribution is -0.209. The number of nitrogens with zero attached hydrogens (tertiary/aromatic N) is 1. The quantitative estimate of drug-likeness (QED) is 0.302. The maximum Gasteiger partial charge on any atom is 0.415 e. The second-order valence-electron chi connectivity index (χ2n) is 8.28. The number of alkyl carbamates (subject to hydrolysis) is 2. The van der Waals surface area contributed by atoms with Crippen LogP contribution in [0, 0.1) is 0 Å². The minimum atomic E-state index is -4.82. The summed E-state index contributed by atoms with van der Waals surface area (Å²) in [5.41, 5.74) is 3.71. The third kappa shape index (κ3) is 13.7. The highest BCUT2D eigenvalue weighted by Crippen LogP contribution is 2.23. The normalized spacial score (nSPS) is 14.4. The van der Waals surface area contributed by atoms with Crippen molar-refractivity contribution in [2.45, 2.75) is 83.9 Å². The molecule has 2 atom stereocenters. The van der Waals surface area contributed by atoms with E-state index in [0.29, 0.717) is 0 Å². The van der Waals surface area contributed by atoms with Gasteiger partial charge in [0.15, 0.2) is 6.10 Å². The monoisotopic (exact) mass is 428 g/mol. The molecule has 0 aliphatic carbocycles. The third-order valence-electron chi connectivity index (χ3n) is 2.95. The Bertz CT molecular complexity index is 551. The molecule has 170 valence electrons. The van der Waals surface area contributed by atoms with Crippen LogP contribution in [-0.2, 0) is 9.47 Å². The Morgan fingerprint density at radius 3 is 1.76 bits per heavy atom. The van der Waals surface area contributed by atoms with Crippen molar-refractivity contribution in [2.75, 3.05) is 6.54 Å². The van der Waals surface area contributed by atoms with E-state index in [1.165, 1.54) is 0 Å². The van der Waals surface area contributed by atoms with Gasteiger partial charge in [-0.3, -0.25) is 15.6 Å². The van der Waals surface area contributed by atoms with Crippen LogP contribution in [0.25, 0.3) is 0 Å². The number of aliphatic hydroxyl groups excluding tert-OH is 1. The van der Waals surface area contributed by atoms with Crippen molar-refractivity contribution < 1.29 is 37.3 Å². The van der Waals surface area contributed by atoms with Crippen molar-refractivity contribution in [1.82, 2.24) is 10.6 Å². The fourth-order valence-electron chi connectivity index (χ4n) is 1.83. The fraction of sp³-hybridized carbons (Fsp3) is 0.824. The number of alkyl halides is 3. The van der Waals surface area contributed by atoms with Gasteiger partial charge in [-0.25, -0.2) is 9.59 Å². The molecule has 0 fully saturated rings. The Labute approximate surface area is 168 Å². The van der Waals surface area contributed by atoms with E-state index in [1.54, 1.807) is 41.5 Å². The van der Waals surface area contributed by atoms with Gasteiger partial charge in [-0.15, -0.1) is 0 Å². The third-order valence-corrected chi connectivity index (χ3v) is 2.95. The molecule has 0 saturated heterocycles. The molecule has 9 nitrogen and oxygen atoms in total. The SMILES string of the molecule is CC(C)(C)OC(=O)NC(=NCCCC(N)C(O)C(F)(F)F)NC(=O)OC(C)(C)C. The van der Waals surface area contributed by atoms with Crippen LogP contribution in [-0.4, -0.2) is 59.3 Å².